The van der Waals surface area contributed by atoms with Crippen LogP contribution in [0.3, 0.4) is 0 Å². The normalized spacial score (nSPS) is 20.6. The Labute approximate surface area is 327 Å². The highest BCUT2D eigenvalue weighted by molar-refractivity contribution is 6.06. The van der Waals surface area contributed by atoms with Gasteiger partial charge in [-0.1, -0.05) is 117 Å². The summed E-state index contributed by atoms with van der Waals surface area (Å²) in [6.45, 7) is 4.92. The molecular weight excluding hydrogens is 685 g/mol. The lowest BCUT2D eigenvalue weighted by Crippen LogP contribution is -2.42. The van der Waals surface area contributed by atoms with E-state index in [0.29, 0.717) is 28.6 Å². The van der Waals surface area contributed by atoms with Crippen LogP contribution < -0.4 is 0 Å². The van der Waals surface area contributed by atoms with Crippen LogP contribution >= 0.6 is 0 Å². The second-order valence-corrected chi connectivity index (χ2v) is 16.4. The predicted octanol–water partition coefficient (Wildman–Crippen LogP) is 13.1. The van der Waals surface area contributed by atoms with Gasteiger partial charge >= 0.3 is 0 Å². The molecule has 0 spiro atoms. The third-order valence-corrected chi connectivity index (χ3v) is 12.4. The average molecular weight is 727 g/mol. The quantitative estimate of drug-likeness (QED) is 0.170. The minimum atomic E-state index is 0.290. The number of nitriles is 1. The Kier molecular flexibility index (Phi) is 8.37. The van der Waals surface area contributed by atoms with Gasteiger partial charge in [0.25, 0.3) is 0 Å². The number of rotatable bonds is 6. The van der Waals surface area contributed by atoms with Crippen LogP contribution in [0.15, 0.2) is 144 Å². The number of hydrogen-bond donors (Lipinski definition) is 0. The highest BCUT2D eigenvalue weighted by Crippen LogP contribution is 2.54. The Morgan fingerprint density at radius 3 is 1.82 bits per heavy atom. The molecule has 272 valence electrons. The number of aromatic nitrogens is 3. The van der Waals surface area contributed by atoms with E-state index in [4.69, 9.17) is 19.4 Å². The summed E-state index contributed by atoms with van der Waals surface area (Å²) < 4.78 is 6.15. The smallest absolute Gasteiger partial charge is 0.165 e. The molecule has 10 rings (SSSR count). The zero-order chi connectivity index (χ0) is 37.8. The van der Waals surface area contributed by atoms with E-state index in [2.05, 4.69) is 98.8 Å². The van der Waals surface area contributed by atoms with E-state index in [1.165, 1.54) is 43.2 Å². The fraction of sp³-hybridized carbons (Fsp3) is 0.216. The van der Waals surface area contributed by atoms with E-state index >= 15 is 0 Å². The fourth-order valence-corrected chi connectivity index (χ4v) is 10.3. The largest absolute Gasteiger partial charge is 0.456 e. The second-order valence-electron chi connectivity index (χ2n) is 16.4. The third-order valence-electron chi connectivity index (χ3n) is 12.4. The van der Waals surface area contributed by atoms with Crippen LogP contribution in [0, 0.1) is 29.1 Å². The van der Waals surface area contributed by atoms with Gasteiger partial charge in [-0.05, 0) is 119 Å². The lowest BCUT2D eigenvalue weighted by molar-refractivity contribution is 0.0780. The topological polar surface area (TPSA) is 75.6 Å². The molecule has 0 saturated heterocycles. The number of benzene rings is 6. The molecule has 4 atom stereocenters. The van der Waals surface area contributed by atoms with Crippen LogP contribution in [0.2, 0.25) is 0 Å². The molecule has 2 aliphatic rings. The summed E-state index contributed by atoms with van der Waals surface area (Å²) in [5.74, 6) is 3.92. The van der Waals surface area contributed by atoms with E-state index < -0.39 is 0 Å². The molecule has 2 aromatic heterocycles. The number of hydrogen-bond acceptors (Lipinski definition) is 5. The zero-order valence-corrected chi connectivity index (χ0v) is 31.7. The first-order valence-corrected chi connectivity index (χ1v) is 19.9. The molecule has 0 N–H and O–H groups in total. The molecule has 0 amide bonds. The van der Waals surface area contributed by atoms with Gasteiger partial charge in [-0.2, -0.15) is 5.26 Å². The summed E-state index contributed by atoms with van der Waals surface area (Å²) in [5.41, 5.74) is 10.8. The van der Waals surface area contributed by atoms with Crippen LogP contribution in [-0.2, 0) is 5.41 Å². The molecule has 6 aromatic carbocycles. The molecule has 2 saturated carbocycles. The SMILES string of the molecule is C[C@@H]1C[C@@H]2C[C@H](C)CC(c3ccc(-c4ccccc4-c4ccccc4-c4nc(-c5ccc6oc7ccccc7c6c5)nc(-c5ccccc5C#N)n4)cc3)(C1)C2. The van der Waals surface area contributed by atoms with E-state index in [-0.39, 0.29) is 5.41 Å². The first-order valence-electron chi connectivity index (χ1n) is 19.9. The molecule has 5 heteroatoms. The van der Waals surface area contributed by atoms with Gasteiger partial charge in [0.15, 0.2) is 17.5 Å². The Hall–Kier alpha value is -6.38. The number of nitrogens with zero attached hydrogens (tertiary/aromatic N) is 4. The molecule has 8 aromatic rings. The third kappa shape index (κ3) is 5.97. The molecular formula is C51H42N4O. The van der Waals surface area contributed by atoms with Gasteiger partial charge in [0.05, 0.1) is 11.6 Å². The van der Waals surface area contributed by atoms with Crippen molar-refractivity contribution >= 4 is 21.9 Å². The Balaban J connectivity index is 1.10. The molecule has 5 nitrogen and oxygen atoms in total. The maximum absolute atomic E-state index is 10.1. The average Bonchev–Trinajstić information content (AvgIpc) is 3.61. The monoisotopic (exact) mass is 726 g/mol. The minimum Gasteiger partial charge on any atom is -0.456 e. The standard InChI is InChI=1S/C51H42N4O/c1-32-25-34-26-33(2)29-51(28-32,30-34)38-22-19-35(20-23-38)39-12-5-6-14-41(39)42-15-7-8-17-44(42)50-54-48(53-49(55-50)40-13-4-3-11-37(40)31-52)36-21-24-47-45(27-36)43-16-9-10-18-46(43)56-47/h3-24,27,32-34H,25-26,28-30H2,1-2H3/t32-,33+,34-,51?. The highest BCUT2D eigenvalue weighted by atomic mass is 16.3. The molecule has 56 heavy (non-hydrogen) atoms. The first kappa shape index (κ1) is 34.1. The van der Waals surface area contributed by atoms with E-state index in [1.54, 1.807) is 6.07 Å². The van der Waals surface area contributed by atoms with Crippen molar-refractivity contribution in [2.45, 2.75) is 51.4 Å². The Bertz CT molecular complexity index is 2790. The summed E-state index contributed by atoms with van der Waals surface area (Å²) in [5, 5.41) is 12.1. The zero-order valence-electron chi connectivity index (χ0n) is 31.7. The summed E-state index contributed by atoms with van der Waals surface area (Å²) in [4.78, 5) is 15.3. The molecule has 2 aliphatic carbocycles. The van der Waals surface area contributed by atoms with Crippen molar-refractivity contribution in [2.75, 3.05) is 0 Å². The van der Waals surface area contributed by atoms with E-state index in [0.717, 1.165) is 67.5 Å². The van der Waals surface area contributed by atoms with Crippen molar-refractivity contribution in [1.29, 1.82) is 5.26 Å². The maximum Gasteiger partial charge on any atom is 0.165 e. The van der Waals surface area contributed by atoms with Crippen LogP contribution in [0.5, 0.6) is 0 Å². The molecule has 2 bridgehead atoms. The van der Waals surface area contributed by atoms with Crippen molar-refractivity contribution in [3.63, 3.8) is 0 Å². The van der Waals surface area contributed by atoms with Crippen LogP contribution in [-0.4, -0.2) is 15.0 Å². The molecule has 2 fully saturated rings. The van der Waals surface area contributed by atoms with Crippen molar-refractivity contribution in [1.82, 2.24) is 15.0 Å². The molecule has 2 heterocycles. The Morgan fingerprint density at radius 2 is 1.09 bits per heavy atom. The van der Waals surface area contributed by atoms with Gasteiger partial charge in [-0.25, -0.2) is 15.0 Å². The number of fused-ring (bicyclic) bond motifs is 5. The highest BCUT2D eigenvalue weighted by Gasteiger charge is 2.45. The van der Waals surface area contributed by atoms with Gasteiger partial charge in [0.1, 0.15) is 11.2 Å². The summed E-state index contributed by atoms with van der Waals surface area (Å²) in [6, 6.07) is 50.5. The molecule has 0 aliphatic heterocycles. The molecule has 1 unspecified atom stereocenters. The minimum absolute atomic E-state index is 0.290. The lowest BCUT2D eigenvalue weighted by Gasteiger charge is -2.50. The first-order chi connectivity index (χ1) is 27.4. The van der Waals surface area contributed by atoms with Gasteiger partial charge in [0.2, 0.25) is 0 Å². The summed E-state index contributed by atoms with van der Waals surface area (Å²) >= 11 is 0. The predicted molar refractivity (Wildman–Crippen MR) is 226 cm³/mol. The van der Waals surface area contributed by atoms with Gasteiger partial charge in [0, 0.05) is 27.5 Å². The number of furan rings is 1. The van der Waals surface area contributed by atoms with Crippen LogP contribution in [0.4, 0.5) is 0 Å². The van der Waals surface area contributed by atoms with Crippen molar-refractivity contribution in [2.24, 2.45) is 17.8 Å². The van der Waals surface area contributed by atoms with Crippen molar-refractivity contribution in [3.8, 4) is 62.5 Å². The second kappa shape index (κ2) is 13.7. The summed E-state index contributed by atoms with van der Waals surface area (Å²) in [6.07, 6.45) is 6.66. The fourth-order valence-electron chi connectivity index (χ4n) is 10.3. The summed E-state index contributed by atoms with van der Waals surface area (Å²) in [7, 11) is 0. The maximum atomic E-state index is 10.1. The van der Waals surface area contributed by atoms with Crippen molar-refractivity contribution < 1.29 is 4.42 Å². The number of para-hydroxylation sites is 1. The lowest BCUT2D eigenvalue weighted by atomic mass is 9.54. The van der Waals surface area contributed by atoms with E-state index in [9.17, 15) is 5.26 Å². The van der Waals surface area contributed by atoms with Crippen LogP contribution in [0.1, 0.15) is 57.1 Å². The Morgan fingerprint density at radius 1 is 0.536 bits per heavy atom. The van der Waals surface area contributed by atoms with E-state index in [1.807, 2.05) is 54.6 Å². The van der Waals surface area contributed by atoms with Gasteiger partial charge in [-0.3, -0.25) is 0 Å². The van der Waals surface area contributed by atoms with Crippen LogP contribution in [0.25, 0.3) is 78.4 Å². The molecule has 0 radical (unpaired) electrons. The van der Waals surface area contributed by atoms with Gasteiger partial charge in [-0.15, -0.1) is 0 Å². The van der Waals surface area contributed by atoms with Gasteiger partial charge < -0.3 is 4.42 Å². The van der Waals surface area contributed by atoms with Crippen molar-refractivity contribution in [3.05, 3.63) is 151 Å².